The third-order valence-corrected chi connectivity index (χ3v) is 2.33. The van der Waals surface area contributed by atoms with Crippen molar-refractivity contribution in [3.05, 3.63) is 11.4 Å². The Morgan fingerprint density at radius 1 is 1.19 bits per heavy atom. The first kappa shape index (κ1) is 12.8. The first-order valence-corrected chi connectivity index (χ1v) is 5.31. The van der Waals surface area contributed by atoms with Crippen molar-refractivity contribution in [2.24, 2.45) is 5.73 Å². The Morgan fingerprint density at radius 3 is 2.50 bits per heavy atom. The minimum Gasteiger partial charge on any atom is -0.383 e. The molecule has 1 aromatic rings. The molecule has 0 atom stereocenters. The molecule has 0 bridgehead atoms. The number of nitrogens with two attached hydrogens (primary N) is 1. The largest absolute Gasteiger partial charge is 0.383 e. The number of ether oxygens (including phenoxy) is 1. The fraction of sp³-hybridized carbons (Fsp3) is 0.700. The standard InChI is InChI=1S/C10H19N5O/c1-8-9(2)13-14-10(12-8)15(5-4-11)6-7-16-3/h4-7,11H2,1-3H3. The van der Waals surface area contributed by atoms with Crippen molar-refractivity contribution < 1.29 is 4.74 Å². The summed E-state index contributed by atoms with van der Waals surface area (Å²) in [5.41, 5.74) is 7.29. The highest BCUT2D eigenvalue weighted by molar-refractivity contribution is 5.29. The second kappa shape index (κ2) is 6.34. The van der Waals surface area contributed by atoms with Gasteiger partial charge in [0.1, 0.15) is 0 Å². The molecule has 0 aliphatic rings. The zero-order chi connectivity index (χ0) is 12.0. The summed E-state index contributed by atoms with van der Waals surface area (Å²) >= 11 is 0. The van der Waals surface area contributed by atoms with Gasteiger partial charge < -0.3 is 15.4 Å². The van der Waals surface area contributed by atoms with Gasteiger partial charge in [-0.15, -0.1) is 5.10 Å². The zero-order valence-corrected chi connectivity index (χ0v) is 10.1. The lowest BCUT2D eigenvalue weighted by molar-refractivity contribution is 0.205. The van der Waals surface area contributed by atoms with Crippen LogP contribution in [0.4, 0.5) is 5.95 Å². The lowest BCUT2D eigenvalue weighted by atomic mass is 10.4. The molecule has 0 aliphatic carbocycles. The molecule has 1 rings (SSSR count). The van der Waals surface area contributed by atoms with Gasteiger partial charge >= 0.3 is 0 Å². The highest BCUT2D eigenvalue weighted by atomic mass is 16.5. The Kier molecular flexibility index (Phi) is 5.07. The van der Waals surface area contributed by atoms with Crippen molar-refractivity contribution in [1.82, 2.24) is 15.2 Å². The van der Waals surface area contributed by atoms with Gasteiger partial charge in [0.2, 0.25) is 5.95 Å². The predicted octanol–water partition coefficient (Wildman–Crippen LogP) is -0.100. The lowest BCUT2D eigenvalue weighted by Gasteiger charge is -2.21. The number of anilines is 1. The summed E-state index contributed by atoms with van der Waals surface area (Å²) in [7, 11) is 1.67. The molecule has 0 radical (unpaired) electrons. The van der Waals surface area contributed by atoms with Crippen LogP contribution in [-0.4, -0.2) is 48.5 Å². The third-order valence-electron chi connectivity index (χ3n) is 2.33. The second-order valence-electron chi connectivity index (χ2n) is 3.55. The van der Waals surface area contributed by atoms with Gasteiger partial charge in [-0.1, -0.05) is 0 Å². The van der Waals surface area contributed by atoms with E-state index in [0.717, 1.165) is 17.9 Å². The Morgan fingerprint density at radius 2 is 1.94 bits per heavy atom. The number of rotatable bonds is 6. The monoisotopic (exact) mass is 225 g/mol. The minimum atomic E-state index is 0.556. The van der Waals surface area contributed by atoms with Crippen LogP contribution in [-0.2, 0) is 4.74 Å². The van der Waals surface area contributed by atoms with E-state index in [2.05, 4.69) is 15.2 Å². The SMILES string of the molecule is COCCN(CCN)c1nnc(C)c(C)n1. The predicted molar refractivity (Wildman–Crippen MR) is 62.4 cm³/mol. The number of hydrogen-bond acceptors (Lipinski definition) is 6. The van der Waals surface area contributed by atoms with E-state index in [4.69, 9.17) is 10.5 Å². The number of nitrogens with zero attached hydrogens (tertiary/aromatic N) is 4. The summed E-state index contributed by atoms with van der Waals surface area (Å²) in [5, 5.41) is 8.12. The van der Waals surface area contributed by atoms with Crippen LogP contribution in [0.15, 0.2) is 0 Å². The number of aromatic nitrogens is 3. The summed E-state index contributed by atoms with van der Waals surface area (Å²) < 4.78 is 5.04. The topological polar surface area (TPSA) is 77.2 Å². The third kappa shape index (κ3) is 3.39. The first-order chi connectivity index (χ1) is 7.69. The van der Waals surface area contributed by atoms with Crippen LogP contribution in [0.1, 0.15) is 11.4 Å². The smallest absolute Gasteiger partial charge is 0.245 e. The average Bonchev–Trinajstić information content (AvgIpc) is 2.28. The van der Waals surface area contributed by atoms with E-state index in [-0.39, 0.29) is 0 Å². The van der Waals surface area contributed by atoms with Gasteiger partial charge in [0.25, 0.3) is 0 Å². The molecule has 0 saturated heterocycles. The number of hydrogen-bond donors (Lipinski definition) is 1. The molecule has 0 unspecified atom stereocenters. The summed E-state index contributed by atoms with van der Waals surface area (Å²) in [5.74, 6) is 0.616. The molecule has 0 saturated carbocycles. The van der Waals surface area contributed by atoms with Crippen LogP contribution in [0, 0.1) is 13.8 Å². The van der Waals surface area contributed by atoms with E-state index in [0.29, 0.717) is 25.6 Å². The van der Waals surface area contributed by atoms with Crippen molar-refractivity contribution in [2.75, 3.05) is 38.3 Å². The van der Waals surface area contributed by atoms with Gasteiger partial charge in [0, 0.05) is 26.7 Å². The van der Waals surface area contributed by atoms with Gasteiger partial charge in [0.05, 0.1) is 18.0 Å². The van der Waals surface area contributed by atoms with Crippen LogP contribution >= 0.6 is 0 Å². The molecule has 1 aromatic heterocycles. The fourth-order valence-electron chi connectivity index (χ4n) is 1.25. The van der Waals surface area contributed by atoms with Crippen molar-refractivity contribution in [1.29, 1.82) is 0 Å². The van der Waals surface area contributed by atoms with Crippen LogP contribution in [0.25, 0.3) is 0 Å². The van der Waals surface area contributed by atoms with Gasteiger partial charge in [0.15, 0.2) is 0 Å². The Balaban J connectivity index is 2.78. The van der Waals surface area contributed by atoms with Crippen LogP contribution in [0.3, 0.4) is 0 Å². The molecule has 0 aromatic carbocycles. The van der Waals surface area contributed by atoms with Gasteiger partial charge in [-0.05, 0) is 13.8 Å². The number of methoxy groups -OCH3 is 1. The first-order valence-electron chi connectivity index (χ1n) is 5.31. The van der Waals surface area contributed by atoms with E-state index in [1.165, 1.54) is 0 Å². The summed E-state index contributed by atoms with van der Waals surface area (Å²) in [6.07, 6.45) is 0. The molecule has 0 spiro atoms. The molecule has 0 fully saturated rings. The maximum Gasteiger partial charge on any atom is 0.245 e. The highest BCUT2D eigenvalue weighted by Gasteiger charge is 2.10. The second-order valence-corrected chi connectivity index (χ2v) is 3.55. The van der Waals surface area contributed by atoms with Crippen molar-refractivity contribution in [2.45, 2.75) is 13.8 Å². The van der Waals surface area contributed by atoms with Crippen LogP contribution < -0.4 is 10.6 Å². The minimum absolute atomic E-state index is 0.556. The highest BCUT2D eigenvalue weighted by Crippen LogP contribution is 2.07. The maximum absolute atomic E-state index is 5.55. The van der Waals surface area contributed by atoms with Gasteiger partial charge in [-0.25, -0.2) is 4.98 Å². The molecule has 1 heterocycles. The normalized spacial score (nSPS) is 10.5. The average molecular weight is 225 g/mol. The summed E-state index contributed by atoms with van der Waals surface area (Å²) in [6.45, 7) is 6.41. The summed E-state index contributed by atoms with van der Waals surface area (Å²) in [6, 6.07) is 0. The fourth-order valence-corrected chi connectivity index (χ4v) is 1.25. The zero-order valence-electron chi connectivity index (χ0n) is 10.1. The summed E-state index contributed by atoms with van der Waals surface area (Å²) in [4.78, 5) is 6.36. The lowest BCUT2D eigenvalue weighted by Crippen LogP contribution is -2.34. The van der Waals surface area contributed by atoms with Gasteiger partial charge in [-0.2, -0.15) is 5.10 Å². The van der Waals surface area contributed by atoms with Gasteiger partial charge in [-0.3, -0.25) is 0 Å². The van der Waals surface area contributed by atoms with E-state index >= 15 is 0 Å². The molecule has 6 heteroatoms. The molecule has 6 nitrogen and oxygen atoms in total. The van der Waals surface area contributed by atoms with Crippen molar-refractivity contribution in [3.63, 3.8) is 0 Å². The van der Waals surface area contributed by atoms with Crippen LogP contribution in [0.2, 0.25) is 0 Å². The van der Waals surface area contributed by atoms with Crippen molar-refractivity contribution >= 4 is 5.95 Å². The quantitative estimate of drug-likeness (QED) is 0.728. The van der Waals surface area contributed by atoms with E-state index in [1.54, 1.807) is 7.11 Å². The molecule has 16 heavy (non-hydrogen) atoms. The molecular formula is C10H19N5O. The van der Waals surface area contributed by atoms with Crippen LogP contribution in [0.5, 0.6) is 0 Å². The molecule has 2 N–H and O–H groups in total. The van der Waals surface area contributed by atoms with Crippen molar-refractivity contribution in [3.8, 4) is 0 Å². The maximum atomic E-state index is 5.55. The molecule has 0 amide bonds. The molecular weight excluding hydrogens is 206 g/mol. The Hall–Kier alpha value is -1.27. The Bertz CT molecular complexity index is 331. The van der Waals surface area contributed by atoms with E-state index in [1.807, 2.05) is 18.7 Å². The van der Waals surface area contributed by atoms with E-state index in [9.17, 15) is 0 Å². The molecule has 0 aliphatic heterocycles. The molecule has 90 valence electrons. The van der Waals surface area contributed by atoms with E-state index < -0.39 is 0 Å². The Labute approximate surface area is 95.8 Å². The number of aryl methyl sites for hydroxylation is 2.